The second-order valence-electron chi connectivity index (χ2n) is 3.28. The number of carboxylic acid groups (broad SMARTS) is 1. The first-order chi connectivity index (χ1) is 8.70. The maximum atomic E-state index is 10.1. The molecule has 1 aromatic rings. The van der Waals surface area contributed by atoms with Crippen molar-refractivity contribution in [3.05, 3.63) is 42.0 Å². The predicted molar refractivity (Wildman–Crippen MR) is 70.2 cm³/mol. The van der Waals surface area contributed by atoms with E-state index in [9.17, 15) is 4.79 Å². The van der Waals surface area contributed by atoms with Gasteiger partial charge in [-0.15, -0.1) is 0 Å². The Morgan fingerprint density at radius 1 is 1.11 bits per heavy atom. The third-order valence-corrected chi connectivity index (χ3v) is 1.80. The van der Waals surface area contributed by atoms with Crippen molar-refractivity contribution in [1.29, 1.82) is 0 Å². The number of benzene rings is 1. The standard InChI is InChI=1S/C9H8O2.C4H11NO2/c10-9(11)7-6-8-4-2-1-3-5-8;6-3-1-5-2-4-7/h1-7H,(H,10,11);5-7H,1-4H2. The van der Waals surface area contributed by atoms with Crippen LogP contribution in [-0.2, 0) is 4.79 Å². The third kappa shape index (κ3) is 10.8. The highest BCUT2D eigenvalue weighted by Crippen LogP contribution is 1.99. The van der Waals surface area contributed by atoms with Crippen molar-refractivity contribution < 1.29 is 20.1 Å². The SMILES string of the molecule is O=C(O)C=Cc1ccccc1.OCCNCCO. The van der Waals surface area contributed by atoms with E-state index >= 15 is 0 Å². The lowest BCUT2D eigenvalue weighted by Crippen LogP contribution is -2.21. The lowest BCUT2D eigenvalue weighted by Gasteiger charge is -1.94. The van der Waals surface area contributed by atoms with Gasteiger partial charge in [0.15, 0.2) is 0 Å². The molecule has 0 aliphatic carbocycles. The van der Waals surface area contributed by atoms with Crippen LogP contribution in [0.15, 0.2) is 36.4 Å². The maximum Gasteiger partial charge on any atom is 0.328 e. The zero-order valence-corrected chi connectivity index (χ0v) is 10.1. The number of hydrogen-bond acceptors (Lipinski definition) is 4. The van der Waals surface area contributed by atoms with Crippen LogP contribution < -0.4 is 5.32 Å². The topological polar surface area (TPSA) is 89.8 Å². The molecule has 0 aliphatic heterocycles. The van der Waals surface area contributed by atoms with Crippen molar-refractivity contribution in [1.82, 2.24) is 5.32 Å². The van der Waals surface area contributed by atoms with Gasteiger partial charge in [-0.1, -0.05) is 30.3 Å². The predicted octanol–water partition coefficient (Wildman–Crippen LogP) is 0.345. The van der Waals surface area contributed by atoms with Crippen LogP contribution in [0.5, 0.6) is 0 Å². The van der Waals surface area contributed by atoms with Gasteiger partial charge in [0.25, 0.3) is 0 Å². The summed E-state index contributed by atoms with van der Waals surface area (Å²) in [6.45, 7) is 1.42. The number of aliphatic hydroxyl groups excluding tert-OH is 2. The Kier molecular flexibility index (Phi) is 10.7. The van der Waals surface area contributed by atoms with Gasteiger partial charge >= 0.3 is 5.97 Å². The number of aliphatic carboxylic acids is 1. The fraction of sp³-hybridized carbons (Fsp3) is 0.308. The van der Waals surface area contributed by atoms with E-state index in [0.29, 0.717) is 13.1 Å². The summed E-state index contributed by atoms with van der Waals surface area (Å²) in [5.41, 5.74) is 0.898. The van der Waals surface area contributed by atoms with Gasteiger partial charge in [-0.05, 0) is 11.6 Å². The van der Waals surface area contributed by atoms with Crippen LogP contribution >= 0.6 is 0 Å². The highest BCUT2D eigenvalue weighted by atomic mass is 16.4. The molecule has 0 unspecified atom stereocenters. The van der Waals surface area contributed by atoms with Gasteiger partial charge in [-0.3, -0.25) is 0 Å². The summed E-state index contributed by atoms with van der Waals surface area (Å²) in [5.74, 6) is -0.922. The van der Waals surface area contributed by atoms with Crippen LogP contribution in [0.25, 0.3) is 6.08 Å². The Labute approximate surface area is 106 Å². The zero-order chi connectivity index (χ0) is 13.6. The average molecular weight is 253 g/mol. The van der Waals surface area contributed by atoms with Crippen molar-refractivity contribution >= 4 is 12.0 Å². The summed E-state index contributed by atoms with van der Waals surface area (Å²) in [4.78, 5) is 10.1. The normalized spacial score (nSPS) is 9.89. The molecule has 0 radical (unpaired) electrons. The van der Waals surface area contributed by atoms with E-state index in [1.54, 1.807) is 6.08 Å². The van der Waals surface area contributed by atoms with Gasteiger partial charge in [-0.25, -0.2) is 4.79 Å². The van der Waals surface area contributed by atoms with Crippen LogP contribution in [0.3, 0.4) is 0 Å². The van der Waals surface area contributed by atoms with E-state index in [0.717, 1.165) is 11.6 Å². The van der Waals surface area contributed by atoms with E-state index in [4.69, 9.17) is 15.3 Å². The molecule has 100 valence electrons. The molecule has 0 amide bonds. The number of carboxylic acids is 1. The molecule has 0 saturated carbocycles. The van der Waals surface area contributed by atoms with Gasteiger partial charge in [0, 0.05) is 19.2 Å². The van der Waals surface area contributed by atoms with Crippen molar-refractivity contribution in [2.24, 2.45) is 0 Å². The van der Waals surface area contributed by atoms with Gasteiger partial charge in [0.2, 0.25) is 0 Å². The molecule has 1 rings (SSSR count). The summed E-state index contributed by atoms with van der Waals surface area (Å²) in [6, 6.07) is 9.31. The molecule has 1 aromatic carbocycles. The summed E-state index contributed by atoms with van der Waals surface area (Å²) in [5, 5.41) is 27.4. The second kappa shape index (κ2) is 11.8. The van der Waals surface area contributed by atoms with E-state index in [2.05, 4.69) is 5.32 Å². The van der Waals surface area contributed by atoms with Crippen molar-refractivity contribution in [3.63, 3.8) is 0 Å². The molecular weight excluding hydrogens is 234 g/mol. The number of nitrogens with one attached hydrogen (secondary N) is 1. The lowest BCUT2D eigenvalue weighted by molar-refractivity contribution is -0.131. The molecule has 5 nitrogen and oxygen atoms in total. The van der Waals surface area contributed by atoms with Crippen LogP contribution in [-0.4, -0.2) is 47.6 Å². The Hall–Kier alpha value is -1.69. The van der Waals surface area contributed by atoms with Gasteiger partial charge in [0.05, 0.1) is 13.2 Å². The van der Waals surface area contributed by atoms with Crippen LogP contribution in [0, 0.1) is 0 Å². The molecule has 0 aromatic heterocycles. The van der Waals surface area contributed by atoms with E-state index in [-0.39, 0.29) is 13.2 Å². The molecule has 0 saturated heterocycles. The molecule has 5 heteroatoms. The molecule has 0 fully saturated rings. The highest BCUT2D eigenvalue weighted by Gasteiger charge is 1.86. The molecule has 0 aliphatic rings. The first-order valence-electron chi connectivity index (χ1n) is 5.59. The molecule has 0 bridgehead atoms. The quantitative estimate of drug-likeness (QED) is 0.434. The Morgan fingerprint density at radius 3 is 2.11 bits per heavy atom. The van der Waals surface area contributed by atoms with Crippen LogP contribution in [0.1, 0.15) is 5.56 Å². The van der Waals surface area contributed by atoms with Crippen LogP contribution in [0.4, 0.5) is 0 Å². The largest absolute Gasteiger partial charge is 0.478 e. The van der Waals surface area contributed by atoms with Gasteiger partial charge in [-0.2, -0.15) is 0 Å². The van der Waals surface area contributed by atoms with E-state index in [1.807, 2.05) is 30.3 Å². The molecule has 0 spiro atoms. The molecule has 18 heavy (non-hydrogen) atoms. The smallest absolute Gasteiger partial charge is 0.328 e. The Balaban J connectivity index is 0.000000360. The minimum absolute atomic E-state index is 0.139. The molecule has 4 N–H and O–H groups in total. The summed E-state index contributed by atoms with van der Waals surface area (Å²) >= 11 is 0. The third-order valence-electron chi connectivity index (χ3n) is 1.80. The maximum absolute atomic E-state index is 10.1. The van der Waals surface area contributed by atoms with Gasteiger partial charge < -0.3 is 20.6 Å². The number of aliphatic hydroxyl groups is 2. The van der Waals surface area contributed by atoms with Crippen LogP contribution in [0.2, 0.25) is 0 Å². The second-order valence-corrected chi connectivity index (χ2v) is 3.28. The minimum atomic E-state index is -0.922. The van der Waals surface area contributed by atoms with E-state index in [1.165, 1.54) is 0 Å². The Morgan fingerprint density at radius 2 is 1.67 bits per heavy atom. The zero-order valence-electron chi connectivity index (χ0n) is 10.1. The lowest BCUT2D eigenvalue weighted by atomic mass is 10.2. The number of carbonyl (C=O) groups is 1. The van der Waals surface area contributed by atoms with Crippen molar-refractivity contribution in [2.75, 3.05) is 26.3 Å². The fourth-order valence-electron chi connectivity index (χ4n) is 1.01. The van der Waals surface area contributed by atoms with E-state index < -0.39 is 5.97 Å². The summed E-state index contributed by atoms with van der Waals surface area (Å²) < 4.78 is 0. The summed E-state index contributed by atoms with van der Waals surface area (Å²) in [6.07, 6.45) is 2.68. The Bertz CT molecular complexity index is 334. The monoisotopic (exact) mass is 253 g/mol. The molecule has 0 heterocycles. The molecular formula is C13H19NO4. The number of hydrogen-bond donors (Lipinski definition) is 4. The summed E-state index contributed by atoms with van der Waals surface area (Å²) in [7, 11) is 0. The van der Waals surface area contributed by atoms with Gasteiger partial charge in [0.1, 0.15) is 0 Å². The van der Waals surface area contributed by atoms with Crippen molar-refractivity contribution in [3.8, 4) is 0 Å². The highest BCUT2D eigenvalue weighted by molar-refractivity contribution is 5.85. The van der Waals surface area contributed by atoms with Crippen molar-refractivity contribution in [2.45, 2.75) is 0 Å². The molecule has 0 atom stereocenters. The number of rotatable bonds is 6. The fourth-order valence-corrected chi connectivity index (χ4v) is 1.01. The minimum Gasteiger partial charge on any atom is -0.478 e. The first kappa shape index (κ1) is 16.3. The first-order valence-corrected chi connectivity index (χ1v) is 5.59. The average Bonchev–Trinajstić information content (AvgIpc) is 2.39.